The maximum Gasteiger partial charge on any atom is 0.509 e. The van der Waals surface area contributed by atoms with E-state index in [-0.39, 0.29) is 17.7 Å². The lowest BCUT2D eigenvalue weighted by molar-refractivity contribution is -0.139. The highest BCUT2D eigenvalue weighted by molar-refractivity contribution is 7.91. The SMILES string of the molecule is O=C1OC2CC(CS(=O)(=O)c3ccc(OCc4ccncc4)cc3)(C(=O)NO)CC2O1. The number of pyridine rings is 1. The number of ether oxygens (including phenoxy) is 3. The summed E-state index contributed by atoms with van der Waals surface area (Å²) in [5, 5.41) is 9.17. The van der Waals surface area contributed by atoms with Gasteiger partial charge in [0.05, 0.1) is 16.1 Å². The molecule has 1 aromatic carbocycles. The molecule has 0 spiro atoms. The first-order chi connectivity index (χ1) is 14.8. The van der Waals surface area contributed by atoms with Gasteiger partial charge in [0.2, 0.25) is 0 Å². The number of hydroxylamine groups is 1. The average Bonchev–Trinajstić information content (AvgIpc) is 3.26. The second-order valence-electron chi connectivity index (χ2n) is 7.57. The third kappa shape index (κ3) is 4.32. The van der Waals surface area contributed by atoms with Crippen molar-refractivity contribution in [3.63, 3.8) is 0 Å². The lowest BCUT2D eigenvalue weighted by Crippen LogP contribution is -2.43. The monoisotopic (exact) mass is 448 g/mol. The molecular weight excluding hydrogens is 428 g/mol. The minimum absolute atomic E-state index is 0.00356. The van der Waals surface area contributed by atoms with Gasteiger partial charge in [0.15, 0.2) is 9.84 Å². The van der Waals surface area contributed by atoms with Gasteiger partial charge in [-0.2, -0.15) is 0 Å². The molecule has 2 atom stereocenters. The van der Waals surface area contributed by atoms with Gasteiger partial charge in [-0.1, -0.05) is 0 Å². The summed E-state index contributed by atoms with van der Waals surface area (Å²) < 4.78 is 41.7. The van der Waals surface area contributed by atoms with Crippen molar-refractivity contribution in [2.24, 2.45) is 5.41 Å². The topological polar surface area (TPSA) is 141 Å². The molecule has 11 heteroatoms. The van der Waals surface area contributed by atoms with E-state index in [1.807, 2.05) is 12.1 Å². The van der Waals surface area contributed by atoms with Crippen molar-refractivity contribution in [3.05, 3.63) is 54.4 Å². The van der Waals surface area contributed by atoms with Gasteiger partial charge in [0.25, 0.3) is 5.91 Å². The molecule has 1 aromatic heterocycles. The predicted molar refractivity (Wildman–Crippen MR) is 104 cm³/mol. The first-order valence-electron chi connectivity index (χ1n) is 9.48. The van der Waals surface area contributed by atoms with Crippen LogP contribution < -0.4 is 10.2 Å². The summed E-state index contributed by atoms with van der Waals surface area (Å²) in [6.45, 7) is 0.301. The van der Waals surface area contributed by atoms with Crippen LogP contribution in [0.2, 0.25) is 0 Å². The minimum Gasteiger partial charge on any atom is -0.489 e. The van der Waals surface area contributed by atoms with Gasteiger partial charge in [-0.05, 0) is 42.0 Å². The lowest BCUT2D eigenvalue weighted by Gasteiger charge is -2.26. The maximum absolute atomic E-state index is 13.0. The number of hydrogen-bond acceptors (Lipinski definition) is 9. The van der Waals surface area contributed by atoms with Crippen molar-refractivity contribution in [1.29, 1.82) is 0 Å². The molecule has 1 amide bonds. The third-order valence-corrected chi connectivity index (χ3v) is 7.40. The molecule has 2 aromatic rings. The van der Waals surface area contributed by atoms with E-state index in [0.29, 0.717) is 12.4 Å². The molecule has 31 heavy (non-hydrogen) atoms. The molecule has 2 N–H and O–H groups in total. The van der Waals surface area contributed by atoms with Gasteiger partial charge in [-0.3, -0.25) is 15.0 Å². The first-order valence-corrected chi connectivity index (χ1v) is 11.1. The van der Waals surface area contributed by atoms with Gasteiger partial charge in [-0.15, -0.1) is 0 Å². The zero-order valence-corrected chi connectivity index (χ0v) is 17.1. The molecule has 2 fully saturated rings. The quantitative estimate of drug-likeness (QED) is 0.367. The Balaban J connectivity index is 1.48. The first kappa shape index (κ1) is 21.1. The van der Waals surface area contributed by atoms with Gasteiger partial charge in [0, 0.05) is 25.2 Å². The van der Waals surface area contributed by atoms with Gasteiger partial charge in [-0.25, -0.2) is 18.7 Å². The highest BCUT2D eigenvalue weighted by Crippen LogP contribution is 2.46. The summed E-state index contributed by atoms with van der Waals surface area (Å²) in [7, 11) is -3.92. The van der Waals surface area contributed by atoms with E-state index in [2.05, 4.69) is 4.98 Å². The number of rotatable bonds is 7. The highest BCUT2D eigenvalue weighted by Gasteiger charge is 2.58. The molecule has 2 aliphatic rings. The Labute approximate surface area is 178 Å². The van der Waals surface area contributed by atoms with Crippen LogP contribution in [0, 0.1) is 5.41 Å². The number of carbonyl (C=O) groups is 2. The molecule has 1 aliphatic carbocycles. The highest BCUT2D eigenvalue weighted by atomic mass is 32.2. The number of nitrogens with zero attached hydrogens (tertiary/aromatic N) is 1. The molecule has 4 rings (SSSR count). The summed E-state index contributed by atoms with van der Waals surface area (Å²) >= 11 is 0. The third-order valence-electron chi connectivity index (χ3n) is 5.48. The van der Waals surface area contributed by atoms with Gasteiger partial charge in [0.1, 0.15) is 24.6 Å². The summed E-state index contributed by atoms with van der Waals surface area (Å²) in [5.41, 5.74) is 0.969. The van der Waals surface area contributed by atoms with Crippen molar-refractivity contribution in [3.8, 4) is 5.75 Å². The molecule has 10 nitrogen and oxygen atoms in total. The van der Waals surface area contributed by atoms with Crippen molar-refractivity contribution >= 4 is 21.9 Å². The van der Waals surface area contributed by atoms with Crippen molar-refractivity contribution in [2.75, 3.05) is 5.75 Å². The molecule has 0 bridgehead atoms. The number of hydrogen-bond donors (Lipinski definition) is 2. The molecule has 1 saturated carbocycles. The predicted octanol–water partition coefficient (Wildman–Crippen LogP) is 1.62. The van der Waals surface area contributed by atoms with Gasteiger partial charge >= 0.3 is 6.16 Å². The van der Waals surface area contributed by atoms with E-state index in [4.69, 9.17) is 19.4 Å². The van der Waals surface area contributed by atoms with Gasteiger partial charge < -0.3 is 14.2 Å². The Morgan fingerprint density at radius 3 is 2.32 bits per heavy atom. The molecular formula is C20H20N2O8S. The second-order valence-corrected chi connectivity index (χ2v) is 9.56. The van der Waals surface area contributed by atoms with Crippen LogP contribution in [-0.2, 0) is 30.7 Å². The second kappa shape index (κ2) is 8.16. The normalized spacial score (nSPS) is 24.7. The van der Waals surface area contributed by atoms with Crippen molar-refractivity contribution < 1.29 is 37.4 Å². The summed E-state index contributed by atoms with van der Waals surface area (Å²) in [4.78, 5) is 27.6. The smallest absolute Gasteiger partial charge is 0.489 e. The largest absolute Gasteiger partial charge is 0.509 e. The summed E-state index contributed by atoms with van der Waals surface area (Å²) in [6, 6.07) is 9.47. The van der Waals surface area contributed by atoms with Crippen LogP contribution in [0.3, 0.4) is 0 Å². The van der Waals surface area contributed by atoms with E-state index < -0.39 is 45.3 Å². The Morgan fingerprint density at radius 2 is 1.74 bits per heavy atom. The number of aromatic nitrogens is 1. The zero-order valence-electron chi connectivity index (χ0n) is 16.3. The molecule has 2 unspecified atom stereocenters. The molecule has 1 saturated heterocycles. The van der Waals surface area contributed by atoms with Crippen LogP contribution in [0.15, 0.2) is 53.7 Å². The maximum atomic E-state index is 13.0. The van der Waals surface area contributed by atoms with Crippen molar-refractivity contribution in [2.45, 2.75) is 36.6 Å². The Bertz CT molecular complexity index is 1060. The number of nitrogens with one attached hydrogen (secondary N) is 1. The van der Waals surface area contributed by atoms with E-state index in [9.17, 15) is 18.0 Å². The number of fused-ring (bicyclic) bond motifs is 1. The summed E-state index contributed by atoms with van der Waals surface area (Å²) in [5.74, 6) is -0.950. The fourth-order valence-electron chi connectivity index (χ4n) is 3.95. The average molecular weight is 448 g/mol. The minimum atomic E-state index is -3.92. The molecule has 2 heterocycles. The van der Waals surface area contributed by atoms with Crippen LogP contribution in [0.1, 0.15) is 18.4 Å². The lowest BCUT2D eigenvalue weighted by atomic mass is 9.87. The van der Waals surface area contributed by atoms with Crippen LogP contribution in [0.4, 0.5) is 4.79 Å². The van der Waals surface area contributed by atoms with Crippen LogP contribution in [0.25, 0.3) is 0 Å². The number of amides is 1. The van der Waals surface area contributed by atoms with Crippen molar-refractivity contribution in [1.82, 2.24) is 10.5 Å². The molecule has 164 valence electrons. The molecule has 1 aliphatic heterocycles. The van der Waals surface area contributed by atoms with E-state index in [1.54, 1.807) is 12.4 Å². The summed E-state index contributed by atoms with van der Waals surface area (Å²) in [6.07, 6.45) is 0.849. The fourth-order valence-corrected chi connectivity index (χ4v) is 5.76. The molecule has 0 radical (unpaired) electrons. The number of sulfone groups is 1. The van der Waals surface area contributed by atoms with Crippen LogP contribution in [0.5, 0.6) is 5.75 Å². The van der Waals surface area contributed by atoms with E-state index in [1.165, 1.54) is 29.7 Å². The van der Waals surface area contributed by atoms with E-state index >= 15 is 0 Å². The standard InChI is InChI=1S/C20H20N2O8S/c23-18(22-25)20(9-16-17(10-20)30-19(24)29-16)12-31(26,27)15-3-1-14(2-4-15)28-11-13-5-7-21-8-6-13/h1-8,16-17,25H,9-12H2,(H,22,23). The Kier molecular flexibility index (Phi) is 5.54. The Morgan fingerprint density at radius 1 is 1.13 bits per heavy atom. The van der Waals surface area contributed by atoms with E-state index in [0.717, 1.165) is 5.56 Å². The van der Waals surface area contributed by atoms with Crippen LogP contribution >= 0.6 is 0 Å². The fraction of sp³-hybridized carbons (Fsp3) is 0.350. The number of benzene rings is 1. The zero-order chi connectivity index (χ0) is 22.1. The van der Waals surface area contributed by atoms with Crippen LogP contribution in [-0.4, -0.2) is 48.6 Å². The number of carbonyl (C=O) groups excluding carboxylic acids is 2. The Hall–Kier alpha value is -3.18.